The number of hydrogen-bond acceptors (Lipinski definition) is 4. The van der Waals surface area contributed by atoms with Crippen molar-refractivity contribution in [3.05, 3.63) is 30.0 Å². The first-order valence-corrected chi connectivity index (χ1v) is 6.84. The number of benzene rings is 1. The number of nitrogens with one attached hydrogen (secondary N) is 2. The van der Waals surface area contributed by atoms with Gasteiger partial charge in [0.2, 0.25) is 0 Å². The van der Waals surface area contributed by atoms with E-state index in [0.717, 1.165) is 17.3 Å². The van der Waals surface area contributed by atoms with Gasteiger partial charge in [-0.1, -0.05) is 19.4 Å². The van der Waals surface area contributed by atoms with Crippen molar-refractivity contribution < 1.29 is 14.3 Å². The molecule has 1 aromatic heterocycles. The first-order valence-electron chi connectivity index (χ1n) is 6.84. The van der Waals surface area contributed by atoms with Gasteiger partial charge in [-0.25, -0.2) is 4.79 Å². The van der Waals surface area contributed by atoms with E-state index in [-0.39, 0.29) is 5.91 Å². The van der Waals surface area contributed by atoms with Crippen molar-refractivity contribution in [1.82, 2.24) is 15.5 Å². The molecule has 1 amide bonds. The van der Waals surface area contributed by atoms with Crippen LogP contribution in [0.25, 0.3) is 10.9 Å². The average molecular weight is 289 g/mol. The van der Waals surface area contributed by atoms with Crippen molar-refractivity contribution in [3.8, 4) is 0 Å². The third-order valence-corrected chi connectivity index (χ3v) is 3.48. The quantitative estimate of drug-likeness (QED) is 0.825. The molecule has 2 aromatic rings. The second-order valence-electron chi connectivity index (χ2n) is 5.20. The number of ether oxygens (including phenoxy) is 1. The molecule has 2 rings (SSSR count). The van der Waals surface area contributed by atoms with Crippen LogP contribution in [0.2, 0.25) is 0 Å². The minimum Gasteiger partial charge on any atom is -0.467 e. The third-order valence-electron chi connectivity index (χ3n) is 3.48. The number of methoxy groups -OCH3 is 1. The van der Waals surface area contributed by atoms with Crippen LogP contribution in [0.5, 0.6) is 0 Å². The summed E-state index contributed by atoms with van der Waals surface area (Å²) >= 11 is 0. The van der Waals surface area contributed by atoms with Crippen molar-refractivity contribution in [3.63, 3.8) is 0 Å². The summed E-state index contributed by atoms with van der Waals surface area (Å²) in [6.07, 6.45) is 2.95. The summed E-state index contributed by atoms with van der Waals surface area (Å²) in [5.74, 6) is -0.756. The van der Waals surface area contributed by atoms with Crippen LogP contribution in [0.4, 0.5) is 0 Å². The molecule has 2 N–H and O–H groups in total. The molecular formula is C15H19N3O3. The van der Waals surface area contributed by atoms with E-state index in [9.17, 15) is 9.59 Å². The lowest BCUT2D eigenvalue weighted by atomic mass is 9.95. The van der Waals surface area contributed by atoms with E-state index in [1.165, 1.54) is 7.11 Å². The molecule has 0 fully saturated rings. The van der Waals surface area contributed by atoms with Crippen LogP contribution in [-0.4, -0.2) is 34.7 Å². The predicted octanol–water partition coefficient (Wildman–Crippen LogP) is 2.02. The Hall–Kier alpha value is -2.37. The minimum absolute atomic E-state index is 0.312. The van der Waals surface area contributed by atoms with Gasteiger partial charge in [-0.05, 0) is 25.5 Å². The highest BCUT2D eigenvalue weighted by Crippen LogP contribution is 2.17. The smallest absolute Gasteiger partial charge is 0.331 e. The molecule has 0 aliphatic heterocycles. The number of rotatable bonds is 5. The monoisotopic (exact) mass is 289 g/mol. The number of amides is 1. The summed E-state index contributed by atoms with van der Waals surface area (Å²) in [6.45, 7) is 3.62. The van der Waals surface area contributed by atoms with E-state index in [0.29, 0.717) is 12.0 Å². The first kappa shape index (κ1) is 15.0. The molecule has 6 heteroatoms. The molecule has 1 heterocycles. The van der Waals surface area contributed by atoms with Gasteiger partial charge in [0.05, 0.1) is 18.8 Å². The van der Waals surface area contributed by atoms with E-state index in [4.69, 9.17) is 4.74 Å². The fourth-order valence-corrected chi connectivity index (χ4v) is 2.34. The summed E-state index contributed by atoms with van der Waals surface area (Å²) < 4.78 is 4.79. The molecule has 0 aliphatic carbocycles. The van der Waals surface area contributed by atoms with Crippen LogP contribution >= 0.6 is 0 Å². The maximum absolute atomic E-state index is 12.4. The lowest BCUT2D eigenvalue weighted by Gasteiger charge is -2.27. The molecule has 0 saturated heterocycles. The Balaban J connectivity index is 2.23. The fraction of sp³-hybridized carbons (Fsp3) is 0.400. The zero-order valence-corrected chi connectivity index (χ0v) is 12.4. The van der Waals surface area contributed by atoms with Crippen molar-refractivity contribution in [2.45, 2.75) is 32.2 Å². The van der Waals surface area contributed by atoms with E-state index >= 15 is 0 Å². The number of carbonyl (C=O) groups excluding carboxylic acids is 2. The lowest BCUT2D eigenvalue weighted by Crippen LogP contribution is -2.52. The van der Waals surface area contributed by atoms with Gasteiger partial charge in [0, 0.05) is 10.9 Å². The number of aromatic nitrogens is 2. The van der Waals surface area contributed by atoms with Gasteiger partial charge < -0.3 is 10.1 Å². The lowest BCUT2D eigenvalue weighted by molar-refractivity contribution is -0.147. The number of H-pyrrole nitrogens is 1. The molecule has 6 nitrogen and oxygen atoms in total. The largest absolute Gasteiger partial charge is 0.467 e. The maximum Gasteiger partial charge on any atom is 0.331 e. The van der Waals surface area contributed by atoms with Crippen molar-refractivity contribution in [1.29, 1.82) is 0 Å². The molecule has 1 unspecified atom stereocenters. The van der Waals surface area contributed by atoms with Crippen molar-refractivity contribution in [2.75, 3.05) is 7.11 Å². The summed E-state index contributed by atoms with van der Waals surface area (Å²) in [4.78, 5) is 24.3. The fourth-order valence-electron chi connectivity index (χ4n) is 2.34. The molecule has 0 saturated carbocycles. The van der Waals surface area contributed by atoms with E-state index in [2.05, 4.69) is 15.5 Å². The molecule has 0 spiro atoms. The van der Waals surface area contributed by atoms with Gasteiger partial charge in [-0.15, -0.1) is 0 Å². The van der Waals surface area contributed by atoms with Crippen LogP contribution in [0, 0.1) is 0 Å². The SMILES string of the molecule is CCCC(C)(NC(=O)c1ccc2cn[nH]c2c1)C(=O)OC. The van der Waals surface area contributed by atoms with Crippen LogP contribution in [-0.2, 0) is 9.53 Å². The van der Waals surface area contributed by atoms with E-state index < -0.39 is 11.5 Å². The Kier molecular flexibility index (Phi) is 4.26. The number of nitrogens with zero attached hydrogens (tertiary/aromatic N) is 1. The minimum atomic E-state index is -1.02. The summed E-state index contributed by atoms with van der Waals surface area (Å²) in [7, 11) is 1.32. The van der Waals surface area contributed by atoms with Crippen LogP contribution in [0.3, 0.4) is 0 Å². The van der Waals surface area contributed by atoms with Gasteiger partial charge in [0.15, 0.2) is 0 Å². The molecular weight excluding hydrogens is 270 g/mol. The highest BCUT2D eigenvalue weighted by molar-refractivity contribution is 6.00. The zero-order chi connectivity index (χ0) is 15.5. The standard InChI is InChI=1S/C15H19N3O3/c1-4-7-15(2,14(20)21-3)17-13(19)10-5-6-11-9-16-18-12(11)8-10/h5-6,8-9H,4,7H2,1-3H3,(H,16,18)(H,17,19). The van der Waals surface area contributed by atoms with Gasteiger partial charge in [0.1, 0.15) is 5.54 Å². The normalized spacial score (nSPS) is 13.7. The van der Waals surface area contributed by atoms with Gasteiger partial charge in [0.25, 0.3) is 5.91 Å². The molecule has 1 aromatic carbocycles. The average Bonchev–Trinajstić information content (AvgIpc) is 2.93. The summed E-state index contributed by atoms with van der Waals surface area (Å²) in [5, 5.41) is 10.4. The number of hydrogen-bond donors (Lipinski definition) is 2. The summed E-state index contributed by atoms with van der Waals surface area (Å²) in [6, 6.07) is 5.22. The van der Waals surface area contributed by atoms with Crippen LogP contribution < -0.4 is 5.32 Å². The maximum atomic E-state index is 12.4. The van der Waals surface area contributed by atoms with Crippen LogP contribution in [0.15, 0.2) is 24.4 Å². The Morgan fingerprint density at radius 1 is 1.43 bits per heavy atom. The molecule has 21 heavy (non-hydrogen) atoms. The Morgan fingerprint density at radius 3 is 2.86 bits per heavy atom. The number of esters is 1. The molecule has 1 atom stereocenters. The second kappa shape index (κ2) is 5.95. The molecule has 112 valence electrons. The Labute approximate surface area is 122 Å². The van der Waals surface area contributed by atoms with Crippen molar-refractivity contribution in [2.24, 2.45) is 0 Å². The molecule has 0 aliphatic rings. The van der Waals surface area contributed by atoms with Gasteiger partial charge in [-0.3, -0.25) is 9.89 Å². The van der Waals surface area contributed by atoms with E-state index in [1.807, 2.05) is 13.0 Å². The number of aromatic amines is 1. The third kappa shape index (κ3) is 3.04. The van der Waals surface area contributed by atoms with Gasteiger partial charge >= 0.3 is 5.97 Å². The van der Waals surface area contributed by atoms with Crippen LogP contribution in [0.1, 0.15) is 37.0 Å². The number of fused-ring (bicyclic) bond motifs is 1. The second-order valence-corrected chi connectivity index (χ2v) is 5.20. The first-order chi connectivity index (χ1) is 10.00. The molecule has 0 bridgehead atoms. The Morgan fingerprint density at radius 2 is 2.19 bits per heavy atom. The number of carbonyl (C=O) groups is 2. The predicted molar refractivity (Wildman–Crippen MR) is 78.9 cm³/mol. The molecule has 0 radical (unpaired) electrons. The highest BCUT2D eigenvalue weighted by Gasteiger charge is 2.35. The summed E-state index contributed by atoms with van der Waals surface area (Å²) in [5.41, 5.74) is 0.222. The van der Waals surface area contributed by atoms with E-state index in [1.54, 1.807) is 25.3 Å². The zero-order valence-electron chi connectivity index (χ0n) is 12.4. The highest BCUT2D eigenvalue weighted by atomic mass is 16.5. The van der Waals surface area contributed by atoms with Gasteiger partial charge in [-0.2, -0.15) is 5.10 Å². The van der Waals surface area contributed by atoms with Crippen molar-refractivity contribution >= 4 is 22.8 Å². The topological polar surface area (TPSA) is 84.1 Å². The Bertz CT molecular complexity index is 665.